The first-order chi connectivity index (χ1) is 7.20. The van der Waals surface area contributed by atoms with E-state index >= 15 is 0 Å². The third kappa shape index (κ3) is 3.06. The van der Waals surface area contributed by atoms with Gasteiger partial charge in [0.05, 0.1) is 4.92 Å². The van der Waals surface area contributed by atoms with Crippen LogP contribution in [-0.4, -0.2) is 29.6 Å². The first-order valence-corrected chi connectivity index (χ1v) is 5.54. The highest BCUT2D eigenvalue weighted by molar-refractivity contribution is 7.17. The summed E-state index contributed by atoms with van der Waals surface area (Å²) in [5.74, 6) is 0.328. The summed E-state index contributed by atoms with van der Waals surface area (Å²) in [6.07, 6.45) is 0. The summed E-state index contributed by atoms with van der Waals surface area (Å²) < 4.78 is 5.50. The van der Waals surface area contributed by atoms with E-state index in [4.69, 9.17) is 4.74 Å². The molecule has 0 radical (unpaired) electrons. The van der Waals surface area contributed by atoms with Crippen LogP contribution in [0.2, 0.25) is 0 Å². The number of thiazole rings is 1. The zero-order valence-electron chi connectivity index (χ0n) is 9.97. The maximum atomic E-state index is 10.8. The lowest BCUT2D eigenvalue weighted by atomic mass is 10.2. The Morgan fingerprint density at radius 1 is 1.44 bits per heavy atom. The van der Waals surface area contributed by atoms with Gasteiger partial charge in [0.1, 0.15) is 5.60 Å². The molecule has 0 aliphatic rings. The highest BCUT2D eigenvalue weighted by Crippen LogP contribution is 2.38. The standard InChI is InChI=1S/C9H15N3O3S/c1-9(2,3)15-8-10-6(11(4)5)7(16-8)12(13)14/h1-5H3. The number of aromatic nitrogens is 1. The second kappa shape index (κ2) is 4.25. The Labute approximate surface area is 98.0 Å². The van der Waals surface area contributed by atoms with Crippen LogP contribution in [0, 0.1) is 10.1 Å². The van der Waals surface area contributed by atoms with Crippen LogP contribution in [0.1, 0.15) is 20.8 Å². The van der Waals surface area contributed by atoms with Crippen molar-refractivity contribution < 1.29 is 9.66 Å². The summed E-state index contributed by atoms with van der Waals surface area (Å²) in [7, 11) is 3.42. The SMILES string of the molecule is CN(C)c1nc(OC(C)(C)C)sc1[N+](=O)[O-]. The van der Waals surface area contributed by atoms with E-state index in [0.717, 1.165) is 11.3 Å². The molecule has 1 aromatic rings. The molecule has 0 fully saturated rings. The lowest BCUT2D eigenvalue weighted by Gasteiger charge is -2.18. The molecule has 0 saturated carbocycles. The number of hydrogen-bond acceptors (Lipinski definition) is 6. The molecule has 1 aromatic heterocycles. The highest BCUT2D eigenvalue weighted by Gasteiger charge is 2.25. The molecule has 1 rings (SSSR count). The van der Waals surface area contributed by atoms with Crippen LogP contribution in [0.5, 0.6) is 5.19 Å². The second-order valence-electron chi connectivity index (χ2n) is 4.47. The van der Waals surface area contributed by atoms with Crippen molar-refractivity contribution in [1.82, 2.24) is 4.98 Å². The Morgan fingerprint density at radius 2 is 2.00 bits per heavy atom. The molecule has 90 valence electrons. The van der Waals surface area contributed by atoms with Gasteiger partial charge >= 0.3 is 5.00 Å². The molecule has 0 amide bonds. The van der Waals surface area contributed by atoms with Crippen LogP contribution in [-0.2, 0) is 0 Å². The third-order valence-electron chi connectivity index (χ3n) is 1.56. The van der Waals surface area contributed by atoms with Crippen molar-refractivity contribution in [3.8, 4) is 5.19 Å². The van der Waals surface area contributed by atoms with Crippen LogP contribution in [0.15, 0.2) is 0 Å². The van der Waals surface area contributed by atoms with Gasteiger partial charge in [-0.1, -0.05) is 0 Å². The average Bonchev–Trinajstić information content (AvgIpc) is 2.44. The van der Waals surface area contributed by atoms with Gasteiger partial charge in [-0.05, 0) is 32.1 Å². The van der Waals surface area contributed by atoms with Gasteiger partial charge in [0, 0.05) is 14.1 Å². The van der Waals surface area contributed by atoms with E-state index in [-0.39, 0.29) is 5.00 Å². The van der Waals surface area contributed by atoms with Crippen molar-refractivity contribution in [2.75, 3.05) is 19.0 Å². The predicted molar refractivity (Wildman–Crippen MR) is 63.5 cm³/mol. The fourth-order valence-electron chi connectivity index (χ4n) is 1.00. The number of rotatable bonds is 3. The van der Waals surface area contributed by atoms with Crippen molar-refractivity contribution in [3.63, 3.8) is 0 Å². The molecule has 0 spiro atoms. The first kappa shape index (κ1) is 12.7. The molecule has 7 heteroatoms. The predicted octanol–water partition coefficient (Wildman–Crippen LogP) is 2.29. The number of anilines is 1. The molecule has 0 N–H and O–H groups in total. The van der Waals surface area contributed by atoms with Gasteiger partial charge < -0.3 is 9.64 Å². The lowest BCUT2D eigenvalue weighted by molar-refractivity contribution is -0.379. The molecule has 0 aliphatic heterocycles. The third-order valence-corrected chi connectivity index (χ3v) is 2.43. The van der Waals surface area contributed by atoms with E-state index in [0.29, 0.717) is 11.0 Å². The Kier molecular flexibility index (Phi) is 3.37. The van der Waals surface area contributed by atoms with Gasteiger partial charge in [-0.25, -0.2) is 0 Å². The molecule has 0 aromatic carbocycles. The van der Waals surface area contributed by atoms with Gasteiger partial charge in [-0.2, -0.15) is 4.98 Å². The summed E-state index contributed by atoms with van der Waals surface area (Å²) in [5.41, 5.74) is -0.407. The van der Waals surface area contributed by atoms with Gasteiger partial charge in [-0.15, -0.1) is 0 Å². The number of nitrogens with zero attached hydrogens (tertiary/aromatic N) is 3. The molecular weight excluding hydrogens is 230 g/mol. The first-order valence-electron chi connectivity index (χ1n) is 4.72. The average molecular weight is 245 g/mol. The van der Waals surface area contributed by atoms with Crippen molar-refractivity contribution in [2.24, 2.45) is 0 Å². The van der Waals surface area contributed by atoms with Gasteiger partial charge in [0.2, 0.25) is 5.82 Å². The molecule has 6 nitrogen and oxygen atoms in total. The summed E-state index contributed by atoms with van der Waals surface area (Å²) >= 11 is 0.949. The fraction of sp³-hybridized carbons (Fsp3) is 0.667. The van der Waals surface area contributed by atoms with Crippen LogP contribution >= 0.6 is 11.3 Å². The van der Waals surface area contributed by atoms with E-state index in [1.165, 1.54) is 0 Å². The van der Waals surface area contributed by atoms with E-state index in [2.05, 4.69) is 4.98 Å². The Balaban J connectivity index is 3.07. The fourth-order valence-corrected chi connectivity index (χ4v) is 1.98. The number of ether oxygens (including phenoxy) is 1. The van der Waals surface area contributed by atoms with Gasteiger partial charge in [-0.3, -0.25) is 10.1 Å². The van der Waals surface area contributed by atoms with Crippen molar-refractivity contribution in [2.45, 2.75) is 26.4 Å². The highest BCUT2D eigenvalue weighted by atomic mass is 32.1. The quantitative estimate of drug-likeness (QED) is 0.603. The zero-order chi connectivity index (χ0) is 12.5. The van der Waals surface area contributed by atoms with E-state index < -0.39 is 10.5 Å². The minimum Gasteiger partial charge on any atom is -0.464 e. The van der Waals surface area contributed by atoms with E-state index in [9.17, 15) is 10.1 Å². The van der Waals surface area contributed by atoms with Crippen molar-refractivity contribution in [3.05, 3.63) is 10.1 Å². The smallest absolute Gasteiger partial charge is 0.371 e. The summed E-state index contributed by atoms with van der Waals surface area (Å²) in [6, 6.07) is 0. The normalized spacial score (nSPS) is 11.3. The van der Waals surface area contributed by atoms with E-state index in [1.807, 2.05) is 20.8 Å². The molecule has 0 aliphatic carbocycles. The second-order valence-corrected chi connectivity index (χ2v) is 5.41. The Bertz CT molecular complexity index is 395. The minimum atomic E-state index is -0.442. The van der Waals surface area contributed by atoms with E-state index in [1.54, 1.807) is 19.0 Å². The summed E-state index contributed by atoms with van der Waals surface area (Å²) in [5, 5.41) is 11.1. The lowest BCUT2D eigenvalue weighted by Crippen LogP contribution is -2.22. The monoisotopic (exact) mass is 245 g/mol. The van der Waals surface area contributed by atoms with Crippen LogP contribution < -0.4 is 9.64 Å². The molecule has 0 saturated heterocycles. The number of hydrogen-bond donors (Lipinski definition) is 0. The largest absolute Gasteiger partial charge is 0.464 e. The van der Waals surface area contributed by atoms with Gasteiger partial charge in [0.25, 0.3) is 5.19 Å². The molecule has 0 atom stereocenters. The van der Waals surface area contributed by atoms with Crippen LogP contribution in [0.4, 0.5) is 10.8 Å². The summed E-state index contributed by atoms with van der Waals surface area (Å²) in [4.78, 5) is 16.1. The molecule has 0 unspecified atom stereocenters. The Morgan fingerprint density at radius 3 is 2.31 bits per heavy atom. The van der Waals surface area contributed by atoms with Crippen molar-refractivity contribution >= 4 is 22.2 Å². The molecule has 1 heterocycles. The minimum absolute atomic E-state index is 0.00394. The maximum absolute atomic E-state index is 10.8. The molecular formula is C9H15N3O3S. The van der Waals surface area contributed by atoms with Crippen LogP contribution in [0.25, 0.3) is 0 Å². The zero-order valence-corrected chi connectivity index (χ0v) is 10.8. The summed E-state index contributed by atoms with van der Waals surface area (Å²) in [6.45, 7) is 5.61. The topological polar surface area (TPSA) is 68.5 Å². The molecule has 0 bridgehead atoms. The maximum Gasteiger partial charge on any atom is 0.371 e. The molecule has 16 heavy (non-hydrogen) atoms. The number of nitro groups is 1. The van der Waals surface area contributed by atoms with Crippen LogP contribution in [0.3, 0.4) is 0 Å². The van der Waals surface area contributed by atoms with Crippen molar-refractivity contribution in [1.29, 1.82) is 0 Å². The van der Waals surface area contributed by atoms with Gasteiger partial charge in [0.15, 0.2) is 0 Å². The Hall–Kier alpha value is -1.37.